The molecule has 2 amide bonds. The lowest BCUT2D eigenvalue weighted by molar-refractivity contribution is 0.0256. The van der Waals surface area contributed by atoms with Crippen molar-refractivity contribution in [1.29, 1.82) is 0 Å². The van der Waals surface area contributed by atoms with E-state index in [0.29, 0.717) is 12.0 Å². The smallest absolute Gasteiger partial charge is 0.341 e. The van der Waals surface area contributed by atoms with Crippen LogP contribution in [0.4, 0.5) is 18.0 Å². The van der Waals surface area contributed by atoms with Gasteiger partial charge in [-0.05, 0) is 11.6 Å². The van der Waals surface area contributed by atoms with Gasteiger partial charge in [-0.15, -0.1) is 0 Å². The van der Waals surface area contributed by atoms with Gasteiger partial charge in [0.25, 0.3) is 0 Å². The van der Waals surface area contributed by atoms with Gasteiger partial charge in [0, 0.05) is 31.9 Å². The first kappa shape index (κ1) is 20.9. The molecule has 1 saturated heterocycles. The summed E-state index contributed by atoms with van der Waals surface area (Å²) in [6.45, 7) is 0.409. The van der Waals surface area contributed by atoms with Crippen LogP contribution in [-0.4, -0.2) is 61.1 Å². The summed E-state index contributed by atoms with van der Waals surface area (Å²) in [7, 11) is 1.55. The van der Waals surface area contributed by atoms with Crippen molar-refractivity contribution < 1.29 is 22.7 Å². The number of ether oxygens (including phenoxy) is 1. The molecule has 0 bridgehead atoms. The van der Waals surface area contributed by atoms with Gasteiger partial charge in [0.15, 0.2) is 17.4 Å². The van der Waals surface area contributed by atoms with E-state index in [1.165, 1.54) is 32.9 Å². The highest BCUT2D eigenvalue weighted by atomic mass is 19.1. The van der Waals surface area contributed by atoms with Gasteiger partial charge < -0.3 is 9.64 Å². The number of nitrogens with zero attached hydrogens (tertiary/aromatic N) is 7. The van der Waals surface area contributed by atoms with Crippen LogP contribution in [0.25, 0.3) is 11.4 Å². The molecule has 3 aromatic rings. The molecule has 0 unspecified atom stereocenters. The molecule has 0 spiro atoms. The van der Waals surface area contributed by atoms with E-state index >= 15 is 0 Å². The van der Waals surface area contributed by atoms with Crippen molar-refractivity contribution in [3.63, 3.8) is 0 Å². The van der Waals surface area contributed by atoms with Crippen molar-refractivity contribution in [3.8, 4) is 17.1 Å². The molecule has 5 rings (SSSR count). The van der Waals surface area contributed by atoms with E-state index in [9.17, 15) is 18.0 Å². The molecule has 33 heavy (non-hydrogen) atoms. The Balaban J connectivity index is 1.24. The van der Waals surface area contributed by atoms with Crippen LogP contribution < -0.4 is 4.74 Å². The van der Waals surface area contributed by atoms with Crippen LogP contribution in [-0.2, 0) is 7.05 Å². The number of hydrogen-bond donors (Lipinski definition) is 0. The average molecular weight is 457 g/mol. The van der Waals surface area contributed by atoms with Crippen molar-refractivity contribution in [2.45, 2.75) is 18.6 Å². The van der Waals surface area contributed by atoms with Crippen LogP contribution in [0, 0.1) is 17.5 Å². The van der Waals surface area contributed by atoms with Gasteiger partial charge in [0.1, 0.15) is 17.6 Å². The SMILES string of the molecule is Cn1ncc(F)c1-c1cc(OC2CN(C(=O)N3N=CC[C@H]3c3cncc(F)c3)C2)c(F)cn1. The minimum Gasteiger partial charge on any atom is -0.483 e. The quantitative estimate of drug-likeness (QED) is 0.601. The lowest BCUT2D eigenvalue weighted by Crippen LogP contribution is -2.58. The Hall–Kier alpha value is -3.96. The van der Waals surface area contributed by atoms with Gasteiger partial charge in [0.2, 0.25) is 0 Å². The summed E-state index contributed by atoms with van der Waals surface area (Å²) in [4.78, 5) is 22.1. The van der Waals surface area contributed by atoms with E-state index < -0.39 is 29.6 Å². The Labute approximate surface area is 186 Å². The number of likely N-dealkylation sites (tertiary alicyclic amines) is 1. The van der Waals surface area contributed by atoms with Crippen molar-refractivity contribution in [2.24, 2.45) is 12.1 Å². The third kappa shape index (κ3) is 3.88. The van der Waals surface area contributed by atoms with E-state index in [2.05, 4.69) is 20.2 Å². The first-order valence-electron chi connectivity index (χ1n) is 10.1. The van der Waals surface area contributed by atoms with Crippen LogP contribution in [0.2, 0.25) is 0 Å². The largest absolute Gasteiger partial charge is 0.483 e. The Morgan fingerprint density at radius 3 is 2.64 bits per heavy atom. The predicted octanol–water partition coefficient (Wildman–Crippen LogP) is 2.91. The molecule has 170 valence electrons. The Bertz CT molecular complexity index is 1220. The maximum Gasteiger partial charge on any atom is 0.341 e. The van der Waals surface area contributed by atoms with Gasteiger partial charge in [-0.3, -0.25) is 14.6 Å². The van der Waals surface area contributed by atoms with E-state index in [1.807, 2.05) is 0 Å². The first-order chi connectivity index (χ1) is 15.9. The predicted molar refractivity (Wildman–Crippen MR) is 110 cm³/mol. The zero-order valence-corrected chi connectivity index (χ0v) is 17.4. The number of hydrazone groups is 1. The molecule has 2 aliphatic rings. The summed E-state index contributed by atoms with van der Waals surface area (Å²) in [5, 5.41) is 9.22. The lowest BCUT2D eigenvalue weighted by atomic mass is 10.1. The third-order valence-corrected chi connectivity index (χ3v) is 5.51. The van der Waals surface area contributed by atoms with Crippen molar-refractivity contribution in [1.82, 2.24) is 29.7 Å². The number of hydrogen-bond acceptors (Lipinski definition) is 6. The van der Waals surface area contributed by atoms with Crippen molar-refractivity contribution in [3.05, 3.63) is 59.9 Å². The van der Waals surface area contributed by atoms with Gasteiger partial charge in [0.05, 0.1) is 43.4 Å². The van der Waals surface area contributed by atoms with Gasteiger partial charge in [-0.1, -0.05) is 0 Å². The van der Waals surface area contributed by atoms with Crippen LogP contribution in [0.15, 0.2) is 42.0 Å². The second kappa shape index (κ2) is 8.19. The highest BCUT2D eigenvalue weighted by Gasteiger charge is 2.39. The average Bonchev–Trinajstić information content (AvgIpc) is 3.38. The van der Waals surface area contributed by atoms with Crippen molar-refractivity contribution >= 4 is 12.2 Å². The number of urea groups is 1. The summed E-state index contributed by atoms with van der Waals surface area (Å²) < 4.78 is 48.8. The number of halogens is 3. The Morgan fingerprint density at radius 1 is 1.09 bits per heavy atom. The zero-order valence-electron chi connectivity index (χ0n) is 17.4. The maximum atomic E-state index is 14.3. The van der Waals surface area contributed by atoms with Crippen molar-refractivity contribution in [2.75, 3.05) is 13.1 Å². The monoisotopic (exact) mass is 457 g/mol. The minimum atomic E-state index is -0.700. The maximum absolute atomic E-state index is 14.3. The van der Waals surface area contributed by atoms with E-state index in [0.717, 1.165) is 18.6 Å². The zero-order chi connectivity index (χ0) is 23.1. The molecule has 12 heteroatoms. The molecule has 3 aromatic heterocycles. The van der Waals surface area contributed by atoms with Crippen LogP contribution in [0.1, 0.15) is 18.0 Å². The summed E-state index contributed by atoms with van der Waals surface area (Å²) in [5.74, 6) is -1.87. The Morgan fingerprint density at radius 2 is 1.91 bits per heavy atom. The van der Waals surface area contributed by atoms with Crippen LogP contribution >= 0.6 is 0 Å². The molecule has 0 radical (unpaired) electrons. The van der Waals surface area contributed by atoms with Gasteiger partial charge in [-0.25, -0.2) is 23.0 Å². The molecule has 0 aliphatic carbocycles. The third-order valence-electron chi connectivity index (χ3n) is 5.51. The number of aromatic nitrogens is 4. The van der Waals surface area contributed by atoms with Gasteiger partial charge >= 0.3 is 6.03 Å². The number of carbonyl (C=O) groups excluding carboxylic acids is 1. The first-order valence-corrected chi connectivity index (χ1v) is 10.1. The highest BCUT2D eigenvalue weighted by Crippen LogP contribution is 2.31. The molecule has 5 heterocycles. The second-order valence-electron chi connectivity index (χ2n) is 7.72. The molecular weight excluding hydrogens is 439 g/mol. The fourth-order valence-corrected chi connectivity index (χ4v) is 3.82. The summed E-state index contributed by atoms with van der Waals surface area (Å²) in [6, 6.07) is 1.81. The molecule has 0 N–H and O–H groups in total. The molecule has 1 atom stereocenters. The molecule has 2 aliphatic heterocycles. The standard InChI is InChI=1S/C21H18F3N7O2/c1-29-20(16(24)9-28-29)17-5-19(15(23)8-26-17)33-14-10-30(11-14)21(32)31-18(2-3-27-31)12-4-13(22)7-25-6-12/h3-9,14,18H,2,10-11H2,1H3/t18-/m0/s1. The topological polar surface area (TPSA) is 88.7 Å². The summed E-state index contributed by atoms with van der Waals surface area (Å²) in [5.41, 5.74) is 0.826. The molecular formula is C21H18F3N7O2. The molecule has 9 nitrogen and oxygen atoms in total. The fraction of sp³-hybridized carbons (Fsp3) is 0.286. The number of pyridine rings is 2. The highest BCUT2D eigenvalue weighted by molar-refractivity contribution is 5.79. The van der Waals surface area contributed by atoms with Crippen LogP contribution in [0.3, 0.4) is 0 Å². The molecule has 1 fully saturated rings. The summed E-state index contributed by atoms with van der Waals surface area (Å²) in [6.07, 6.45) is 6.16. The fourth-order valence-electron chi connectivity index (χ4n) is 3.82. The minimum absolute atomic E-state index is 0.0967. The lowest BCUT2D eigenvalue weighted by Gasteiger charge is -2.41. The number of aryl methyl sites for hydroxylation is 1. The second-order valence-corrected chi connectivity index (χ2v) is 7.72. The van der Waals surface area contributed by atoms with E-state index in [4.69, 9.17) is 4.74 Å². The Kier molecular flexibility index (Phi) is 5.19. The number of carbonyl (C=O) groups is 1. The van der Waals surface area contributed by atoms with E-state index in [1.54, 1.807) is 13.3 Å². The number of rotatable bonds is 4. The molecule has 0 saturated carbocycles. The normalized spacial score (nSPS) is 18.0. The summed E-state index contributed by atoms with van der Waals surface area (Å²) >= 11 is 0. The van der Waals surface area contributed by atoms with Crippen LogP contribution in [0.5, 0.6) is 5.75 Å². The number of amides is 2. The molecule has 0 aromatic carbocycles. The van der Waals surface area contributed by atoms with E-state index in [-0.39, 0.29) is 36.3 Å². The van der Waals surface area contributed by atoms with Gasteiger partial charge in [-0.2, -0.15) is 10.2 Å².